The molecular formula is C11H10ClNO. The second-order valence-corrected chi connectivity index (χ2v) is 3.47. The average molecular weight is 208 g/mol. The second kappa shape index (κ2) is 3.46. The third kappa shape index (κ3) is 1.42. The van der Waals surface area contributed by atoms with Crippen molar-refractivity contribution in [3.05, 3.63) is 35.1 Å². The summed E-state index contributed by atoms with van der Waals surface area (Å²) in [7, 11) is 1.65. The smallest absolute Gasteiger partial charge is 0.137 e. The predicted octanol–water partition coefficient (Wildman–Crippen LogP) is 3.21. The number of nitrogens with zero attached hydrogens (tertiary/aromatic N) is 1. The molecule has 0 aliphatic heterocycles. The predicted molar refractivity (Wildman–Crippen MR) is 58.0 cm³/mol. The van der Waals surface area contributed by atoms with Crippen molar-refractivity contribution in [2.75, 3.05) is 7.11 Å². The maximum absolute atomic E-state index is 6.02. The maximum atomic E-state index is 6.02. The summed E-state index contributed by atoms with van der Waals surface area (Å²) < 4.78 is 5.25. The largest absolute Gasteiger partial charge is 0.496 e. The molecule has 0 unspecified atom stereocenters. The van der Waals surface area contributed by atoms with Crippen LogP contribution in [0.15, 0.2) is 24.3 Å². The third-order valence-corrected chi connectivity index (χ3v) is 2.42. The van der Waals surface area contributed by atoms with Crippen LogP contribution in [0.1, 0.15) is 5.69 Å². The minimum atomic E-state index is 0.527. The van der Waals surface area contributed by atoms with Crippen molar-refractivity contribution < 1.29 is 4.74 Å². The lowest BCUT2D eigenvalue weighted by Crippen LogP contribution is -1.88. The van der Waals surface area contributed by atoms with Gasteiger partial charge in [0, 0.05) is 16.5 Å². The van der Waals surface area contributed by atoms with Gasteiger partial charge in [-0.3, -0.25) is 0 Å². The van der Waals surface area contributed by atoms with E-state index in [1.54, 1.807) is 7.11 Å². The molecule has 0 fully saturated rings. The van der Waals surface area contributed by atoms with Gasteiger partial charge < -0.3 is 4.74 Å². The number of hydrogen-bond acceptors (Lipinski definition) is 2. The van der Waals surface area contributed by atoms with E-state index in [-0.39, 0.29) is 0 Å². The molecule has 0 N–H and O–H groups in total. The highest BCUT2D eigenvalue weighted by molar-refractivity contribution is 6.34. The number of halogens is 1. The summed E-state index contributed by atoms with van der Waals surface area (Å²) in [6.07, 6.45) is 0. The number of methoxy groups -OCH3 is 1. The van der Waals surface area contributed by atoms with Crippen molar-refractivity contribution in [1.29, 1.82) is 0 Å². The summed E-state index contributed by atoms with van der Waals surface area (Å²) in [4.78, 5) is 4.19. The first-order valence-electron chi connectivity index (χ1n) is 4.32. The number of aromatic nitrogens is 1. The van der Waals surface area contributed by atoms with Crippen LogP contribution in [0.3, 0.4) is 0 Å². The molecule has 2 nitrogen and oxygen atoms in total. The van der Waals surface area contributed by atoms with Crippen LogP contribution in [0, 0.1) is 6.92 Å². The molecule has 0 aliphatic rings. The summed E-state index contributed by atoms with van der Waals surface area (Å²) in [6, 6.07) is 7.73. The summed E-state index contributed by atoms with van der Waals surface area (Å²) in [5.41, 5.74) is 0.895. The zero-order chi connectivity index (χ0) is 10.1. The van der Waals surface area contributed by atoms with Gasteiger partial charge >= 0.3 is 0 Å². The van der Waals surface area contributed by atoms with E-state index >= 15 is 0 Å². The van der Waals surface area contributed by atoms with Gasteiger partial charge in [0.25, 0.3) is 0 Å². The quantitative estimate of drug-likeness (QED) is 0.670. The minimum absolute atomic E-state index is 0.527. The van der Waals surface area contributed by atoms with Crippen molar-refractivity contribution >= 4 is 22.4 Å². The Morgan fingerprint density at radius 2 is 2.07 bits per heavy atom. The van der Waals surface area contributed by atoms with Gasteiger partial charge in [0.1, 0.15) is 10.9 Å². The van der Waals surface area contributed by atoms with Gasteiger partial charge in [-0.15, -0.1) is 0 Å². The fraction of sp³-hybridized carbons (Fsp3) is 0.182. The van der Waals surface area contributed by atoms with Crippen molar-refractivity contribution in [3.63, 3.8) is 0 Å². The van der Waals surface area contributed by atoms with Crippen molar-refractivity contribution in [2.24, 2.45) is 0 Å². The molecule has 0 saturated carbocycles. The first-order valence-corrected chi connectivity index (χ1v) is 4.70. The molecule has 0 spiro atoms. The van der Waals surface area contributed by atoms with Gasteiger partial charge in [-0.05, 0) is 19.1 Å². The number of fused-ring (bicyclic) bond motifs is 1. The standard InChI is InChI=1S/C11H10ClNO/c1-7-6-9-8(11(12)13-7)4-3-5-10(9)14-2/h3-6H,1-2H3. The summed E-state index contributed by atoms with van der Waals surface area (Å²) in [5.74, 6) is 0.829. The molecule has 1 heterocycles. The van der Waals surface area contributed by atoms with Crippen molar-refractivity contribution in [1.82, 2.24) is 4.98 Å². The number of benzene rings is 1. The number of rotatable bonds is 1. The highest BCUT2D eigenvalue weighted by atomic mass is 35.5. The minimum Gasteiger partial charge on any atom is -0.496 e. The van der Waals surface area contributed by atoms with E-state index in [1.165, 1.54) is 0 Å². The average Bonchev–Trinajstić information content (AvgIpc) is 2.17. The molecule has 2 rings (SSSR count). The van der Waals surface area contributed by atoms with Crippen LogP contribution < -0.4 is 4.74 Å². The second-order valence-electron chi connectivity index (χ2n) is 3.11. The molecule has 0 aliphatic carbocycles. The lowest BCUT2D eigenvalue weighted by atomic mass is 10.1. The van der Waals surface area contributed by atoms with Gasteiger partial charge in [0.2, 0.25) is 0 Å². The number of ether oxygens (including phenoxy) is 1. The SMILES string of the molecule is COc1cccc2c(Cl)nc(C)cc12. The molecule has 3 heteroatoms. The van der Waals surface area contributed by atoms with Crippen LogP contribution in [0.5, 0.6) is 5.75 Å². The molecule has 2 aromatic rings. The van der Waals surface area contributed by atoms with Crippen LogP contribution >= 0.6 is 11.6 Å². The van der Waals surface area contributed by atoms with E-state index in [0.717, 1.165) is 22.2 Å². The van der Waals surface area contributed by atoms with Gasteiger partial charge in [-0.25, -0.2) is 4.98 Å². The number of pyridine rings is 1. The molecule has 14 heavy (non-hydrogen) atoms. The number of hydrogen-bond donors (Lipinski definition) is 0. The Balaban J connectivity index is 2.86. The zero-order valence-electron chi connectivity index (χ0n) is 8.04. The first kappa shape index (κ1) is 9.28. The summed E-state index contributed by atoms with van der Waals surface area (Å²) in [5, 5.41) is 2.46. The fourth-order valence-corrected chi connectivity index (χ4v) is 1.81. The van der Waals surface area contributed by atoms with Crippen LogP contribution in [-0.4, -0.2) is 12.1 Å². The van der Waals surface area contributed by atoms with Crippen LogP contribution in [-0.2, 0) is 0 Å². The van der Waals surface area contributed by atoms with Crippen LogP contribution in [0.25, 0.3) is 10.8 Å². The Morgan fingerprint density at radius 3 is 2.79 bits per heavy atom. The topological polar surface area (TPSA) is 22.1 Å². The molecular weight excluding hydrogens is 198 g/mol. The Morgan fingerprint density at radius 1 is 1.29 bits per heavy atom. The molecule has 0 radical (unpaired) electrons. The normalized spacial score (nSPS) is 10.5. The van der Waals surface area contributed by atoms with E-state index in [1.807, 2.05) is 31.2 Å². The molecule has 72 valence electrons. The Labute approximate surface area is 87.5 Å². The van der Waals surface area contributed by atoms with Crippen molar-refractivity contribution in [2.45, 2.75) is 6.92 Å². The Kier molecular flexibility index (Phi) is 2.30. The summed E-state index contributed by atoms with van der Waals surface area (Å²) >= 11 is 6.02. The highest BCUT2D eigenvalue weighted by Gasteiger charge is 2.05. The van der Waals surface area contributed by atoms with Crippen molar-refractivity contribution in [3.8, 4) is 5.75 Å². The zero-order valence-corrected chi connectivity index (χ0v) is 8.80. The van der Waals surface area contributed by atoms with Gasteiger partial charge in [-0.1, -0.05) is 23.7 Å². The first-order chi connectivity index (χ1) is 6.72. The molecule has 1 aromatic heterocycles. The van der Waals surface area contributed by atoms with E-state index < -0.39 is 0 Å². The number of aryl methyl sites for hydroxylation is 1. The van der Waals surface area contributed by atoms with E-state index in [9.17, 15) is 0 Å². The highest BCUT2D eigenvalue weighted by Crippen LogP contribution is 2.29. The molecule has 0 amide bonds. The van der Waals surface area contributed by atoms with Crippen LogP contribution in [0.2, 0.25) is 5.15 Å². The third-order valence-electron chi connectivity index (χ3n) is 2.14. The summed E-state index contributed by atoms with van der Waals surface area (Å²) in [6.45, 7) is 1.91. The van der Waals surface area contributed by atoms with Gasteiger partial charge in [-0.2, -0.15) is 0 Å². The molecule has 1 aromatic carbocycles. The maximum Gasteiger partial charge on any atom is 0.137 e. The van der Waals surface area contributed by atoms with Gasteiger partial charge in [0.05, 0.1) is 7.11 Å². The van der Waals surface area contributed by atoms with E-state index in [4.69, 9.17) is 16.3 Å². The molecule has 0 atom stereocenters. The van der Waals surface area contributed by atoms with Crippen LogP contribution in [0.4, 0.5) is 0 Å². The lowest BCUT2D eigenvalue weighted by Gasteiger charge is -2.06. The molecule has 0 bridgehead atoms. The monoisotopic (exact) mass is 207 g/mol. The Bertz CT molecular complexity index is 482. The lowest BCUT2D eigenvalue weighted by molar-refractivity contribution is 0.420. The van der Waals surface area contributed by atoms with E-state index in [2.05, 4.69) is 4.98 Å². The van der Waals surface area contributed by atoms with Gasteiger partial charge in [0.15, 0.2) is 0 Å². The molecule has 0 saturated heterocycles. The Hall–Kier alpha value is -1.28. The van der Waals surface area contributed by atoms with E-state index in [0.29, 0.717) is 5.15 Å². The fourth-order valence-electron chi connectivity index (χ4n) is 1.51.